The number of thioether (sulfide) groups is 1. The second-order valence-corrected chi connectivity index (χ2v) is 6.96. The third-order valence-corrected chi connectivity index (χ3v) is 5.07. The maximum Gasteiger partial charge on any atom is 0.365 e. The summed E-state index contributed by atoms with van der Waals surface area (Å²) in [6, 6.07) is 7.33. The lowest BCUT2D eigenvalue weighted by atomic mass is 10.1. The molecule has 1 unspecified atom stereocenters. The maximum atomic E-state index is 12.1. The highest BCUT2D eigenvalue weighted by Crippen LogP contribution is 2.43. The number of hydrogen-bond donors (Lipinski definition) is 1. The van der Waals surface area contributed by atoms with Crippen LogP contribution in [-0.4, -0.2) is 28.3 Å². The van der Waals surface area contributed by atoms with Crippen LogP contribution < -0.4 is 10.4 Å². The van der Waals surface area contributed by atoms with Gasteiger partial charge in [0.15, 0.2) is 0 Å². The average molecular weight is 353 g/mol. The molecule has 1 spiro atoms. The van der Waals surface area contributed by atoms with Gasteiger partial charge in [-0.15, -0.1) is 0 Å². The topological polar surface area (TPSA) is 66.3 Å². The van der Waals surface area contributed by atoms with Crippen LogP contribution in [0.5, 0.6) is 0 Å². The molecule has 3 rings (SSSR count). The summed E-state index contributed by atoms with van der Waals surface area (Å²) >= 11 is 7.31. The highest BCUT2D eigenvalue weighted by molar-refractivity contribution is 8.17. The minimum atomic E-state index is -0.616. The third kappa shape index (κ3) is 3.16. The smallest absolute Gasteiger partial charge is 0.365 e. The van der Waals surface area contributed by atoms with Gasteiger partial charge in [-0.25, -0.2) is 9.80 Å². The molecule has 1 aromatic rings. The Morgan fingerprint density at radius 2 is 2.22 bits per heavy atom. The number of anilines is 1. The number of benzene rings is 1. The number of rotatable bonds is 3. The van der Waals surface area contributed by atoms with Crippen molar-refractivity contribution in [2.24, 2.45) is 10.2 Å². The van der Waals surface area contributed by atoms with Crippen LogP contribution >= 0.6 is 23.4 Å². The van der Waals surface area contributed by atoms with Gasteiger partial charge >= 0.3 is 5.97 Å². The quantitative estimate of drug-likeness (QED) is 0.846. The summed E-state index contributed by atoms with van der Waals surface area (Å²) < 4.78 is 5.08. The van der Waals surface area contributed by atoms with E-state index in [0.717, 1.165) is 24.2 Å². The van der Waals surface area contributed by atoms with Gasteiger partial charge in [-0.2, -0.15) is 10.2 Å². The fraction of sp³-hybridized carbons (Fsp3) is 0.400. The van der Waals surface area contributed by atoms with Crippen LogP contribution in [0.25, 0.3) is 0 Å². The van der Waals surface area contributed by atoms with Gasteiger partial charge in [0.2, 0.25) is 10.0 Å². The Kier molecular flexibility index (Phi) is 4.50. The molecule has 0 amide bonds. The molecule has 122 valence electrons. The number of halogens is 1. The molecule has 6 nitrogen and oxygen atoms in total. The first kappa shape index (κ1) is 16.1. The summed E-state index contributed by atoms with van der Waals surface area (Å²) in [5.74, 6) is -0.415. The van der Waals surface area contributed by atoms with Crippen LogP contribution in [0.1, 0.15) is 26.7 Å². The molecule has 0 radical (unpaired) electrons. The highest BCUT2D eigenvalue weighted by Gasteiger charge is 2.48. The van der Waals surface area contributed by atoms with Crippen LogP contribution in [-0.2, 0) is 9.53 Å². The van der Waals surface area contributed by atoms with Gasteiger partial charge in [0.25, 0.3) is 0 Å². The first-order chi connectivity index (χ1) is 11.0. The summed E-state index contributed by atoms with van der Waals surface area (Å²) in [5.41, 5.74) is 5.02. The number of nitrogens with one attached hydrogen (secondary N) is 1. The SMILES string of the molecule is CCOC(=O)C1=NN(c2ccc(Cl)cc2)C2(CCC(C)=NN2)S1. The van der Waals surface area contributed by atoms with Crippen molar-refractivity contribution in [2.45, 2.75) is 31.7 Å². The monoisotopic (exact) mass is 352 g/mol. The molecule has 0 fully saturated rings. The Labute approximate surface area is 143 Å². The molecule has 0 saturated heterocycles. The van der Waals surface area contributed by atoms with Crippen molar-refractivity contribution in [3.63, 3.8) is 0 Å². The summed E-state index contributed by atoms with van der Waals surface area (Å²) in [6.07, 6.45) is 1.59. The Bertz CT molecular complexity index is 677. The first-order valence-corrected chi connectivity index (χ1v) is 8.54. The summed E-state index contributed by atoms with van der Waals surface area (Å²) in [7, 11) is 0. The standard InChI is InChI=1S/C15H17ClN4O2S/c1-3-22-14(21)13-18-20(12-6-4-11(16)5-7-12)15(23-13)9-8-10(2)17-19-15/h4-7,19H,3,8-9H2,1-2H3. The highest BCUT2D eigenvalue weighted by atomic mass is 35.5. The van der Waals surface area contributed by atoms with Crippen LogP contribution in [0, 0.1) is 0 Å². The van der Waals surface area contributed by atoms with Crippen molar-refractivity contribution in [1.82, 2.24) is 5.43 Å². The fourth-order valence-electron chi connectivity index (χ4n) is 2.39. The van der Waals surface area contributed by atoms with Crippen molar-refractivity contribution in [2.75, 3.05) is 11.6 Å². The Hall–Kier alpha value is -1.73. The van der Waals surface area contributed by atoms with Gasteiger partial charge in [-0.1, -0.05) is 11.6 Å². The number of hydrazone groups is 2. The number of esters is 1. The summed E-state index contributed by atoms with van der Waals surface area (Å²) in [4.78, 5) is 11.5. The van der Waals surface area contributed by atoms with E-state index in [9.17, 15) is 4.79 Å². The van der Waals surface area contributed by atoms with Crippen molar-refractivity contribution >= 4 is 45.8 Å². The fourth-order valence-corrected chi connectivity index (χ4v) is 3.63. The summed E-state index contributed by atoms with van der Waals surface area (Å²) in [5, 5.41) is 11.6. The lowest BCUT2D eigenvalue weighted by Gasteiger charge is -2.38. The van der Waals surface area contributed by atoms with E-state index in [0.29, 0.717) is 16.7 Å². The molecule has 8 heteroatoms. The molecule has 23 heavy (non-hydrogen) atoms. The zero-order valence-corrected chi connectivity index (χ0v) is 14.4. The van der Waals surface area contributed by atoms with Gasteiger partial charge in [0.05, 0.1) is 12.3 Å². The van der Waals surface area contributed by atoms with E-state index in [4.69, 9.17) is 16.3 Å². The molecular weight excluding hydrogens is 336 g/mol. The van der Waals surface area contributed by atoms with E-state index in [-0.39, 0.29) is 0 Å². The van der Waals surface area contributed by atoms with E-state index in [2.05, 4.69) is 15.6 Å². The van der Waals surface area contributed by atoms with E-state index < -0.39 is 11.0 Å². The number of hydrogen-bond acceptors (Lipinski definition) is 7. The minimum absolute atomic E-state index is 0.317. The van der Waals surface area contributed by atoms with Crippen molar-refractivity contribution in [3.05, 3.63) is 29.3 Å². The van der Waals surface area contributed by atoms with E-state index in [1.165, 1.54) is 11.8 Å². The van der Waals surface area contributed by atoms with Crippen LogP contribution in [0.15, 0.2) is 34.5 Å². The van der Waals surface area contributed by atoms with Gasteiger partial charge in [0, 0.05) is 17.2 Å². The van der Waals surface area contributed by atoms with Gasteiger partial charge in [-0.3, -0.25) is 5.43 Å². The molecular formula is C15H17ClN4O2S. The molecule has 0 bridgehead atoms. The third-order valence-electron chi connectivity index (χ3n) is 3.57. The predicted molar refractivity (Wildman–Crippen MR) is 93.8 cm³/mol. The minimum Gasteiger partial charge on any atom is -0.461 e. The molecule has 2 aliphatic rings. The lowest BCUT2D eigenvalue weighted by molar-refractivity contribution is -0.134. The second kappa shape index (κ2) is 6.41. The van der Waals surface area contributed by atoms with Gasteiger partial charge in [-0.05, 0) is 56.3 Å². The molecule has 1 aromatic carbocycles. The normalized spacial score (nSPS) is 23.3. The zero-order valence-electron chi connectivity index (χ0n) is 12.9. The van der Waals surface area contributed by atoms with E-state index in [1.807, 2.05) is 19.1 Å². The van der Waals surface area contributed by atoms with Crippen molar-refractivity contribution in [3.8, 4) is 0 Å². The van der Waals surface area contributed by atoms with Crippen molar-refractivity contribution in [1.29, 1.82) is 0 Å². The Morgan fingerprint density at radius 1 is 1.48 bits per heavy atom. The molecule has 0 aliphatic carbocycles. The molecule has 0 aromatic heterocycles. The van der Waals surface area contributed by atoms with E-state index in [1.54, 1.807) is 24.1 Å². The van der Waals surface area contributed by atoms with Gasteiger partial charge < -0.3 is 4.74 Å². The van der Waals surface area contributed by atoms with E-state index >= 15 is 0 Å². The Balaban J connectivity index is 1.96. The summed E-state index contributed by atoms with van der Waals surface area (Å²) in [6.45, 7) is 4.06. The number of ether oxygens (including phenoxy) is 1. The number of nitrogens with zero attached hydrogens (tertiary/aromatic N) is 3. The van der Waals surface area contributed by atoms with Crippen LogP contribution in [0.3, 0.4) is 0 Å². The lowest BCUT2D eigenvalue weighted by Crippen LogP contribution is -2.52. The van der Waals surface area contributed by atoms with Crippen LogP contribution in [0.4, 0.5) is 5.69 Å². The zero-order chi connectivity index (χ0) is 16.4. The molecule has 1 atom stereocenters. The Morgan fingerprint density at radius 3 is 2.83 bits per heavy atom. The van der Waals surface area contributed by atoms with Gasteiger partial charge in [0.1, 0.15) is 0 Å². The van der Waals surface area contributed by atoms with Crippen LogP contribution in [0.2, 0.25) is 5.02 Å². The average Bonchev–Trinajstić information content (AvgIpc) is 2.91. The molecule has 2 heterocycles. The second-order valence-electron chi connectivity index (χ2n) is 5.26. The largest absolute Gasteiger partial charge is 0.461 e. The number of carbonyl (C=O) groups is 1. The predicted octanol–water partition coefficient (Wildman–Crippen LogP) is 3.18. The maximum absolute atomic E-state index is 12.1. The molecule has 0 saturated carbocycles. The molecule has 2 aliphatic heterocycles. The first-order valence-electron chi connectivity index (χ1n) is 7.35. The van der Waals surface area contributed by atoms with Crippen molar-refractivity contribution < 1.29 is 9.53 Å². The molecule has 1 N–H and O–H groups in total. The number of carbonyl (C=O) groups excluding carboxylic acids is 1.